The molecule has 0 saturated carbocycles. The number of hydrogen-bond acceptors (Lipinski definition) is 3. The van der Waals surface area contributed by atoms with Crippen LogP contribution in [0.4, 0.5) is 13.2 Å². The maximum absolute atomic E-state index is 12.9. The summed E-state index contributed by atoms with van der Waals surface area (Å²) < 4.78 is 48.7. The second kappa shape index (κ2) is 5.95. The molecule has 0 aromatic heterocycles. The van der Waals surface area contributed by atoms with Crippen LogP contribution in [-0.4, -0.2) is 20.8 Å². The summed E-state index contributed by atoms with van der Waals surface area (Å²) in [5, 5.41) is 0. The van der Waals surface area contributed by atoms with Gasteiger partial charge in [-0.25, -0.2) is 0 Å². The van der Waals surface area contributed by atoms with Crippen LogP contribution >= 0.6 is 0 Å². The monoisotopic (exact) mass is 263 g/mol. The highest BCUT2D eigenvalue weighted by Crippen LogP contribution is 2.41. The summed E-state index contributed by atoms with van der Waals surface area (Å²) >= 11 is 0. The van der Waals surface area contributed by atoms with E-state index in [1.807, 2.05) is 0 Å². The number of ether oxygens (including phenoxy) is 2. The molecule has 6 heteroatoms. The highest BCUT2D eigenvalue weighted by molar-refractivity contribution is 5.51. The first-order valence-electron chi connectivity index (χ1n) is 5.46. The molecule has 0 aliphatic heterocycles. The van der Waals surface area contributed by atoms with Crippen molar-refractivity contribution in [3.8, 4) is 11.5 Å². The number of benzene rings is 1. The van der Waals surface area contributed by atoms with E-state index >= 15 is 0 Å². The molecule has 0 spiro atoms. The number of alkyl halides is 3. The predicted molar refractivity (Wildman–Crippen MR) is 61.9 cm³/mol. The normalized spacial score (nSPS) is 11.4. The minimum atomic E-state index is -4.41. The Morgan fingerprint density at radius 3 is 2.28 bits per heavy atom. The van der Waals surface area contributed by atoms with Crippen LogP contribution in [0.25, 0.3) is 0 Å². The Morgan fingerprint density at radius 2 is 1.83 bits per heavy atom. The quantitative estimate of drug-likeness (QED) is 0.888. The third-order valence-corrected chi connectivity index (χ3v) is 2.58. The first kappa shape index (κ1) is 14.6. The molecule has 0 radical (unpaired) electrons. The molecule has 1 rings (SSSR count). The maximum atomic E-state index is 12.9. The van der Waals surface area contributed by atoms with Gasteiger partial charge in [0.2, 0.25) is 0 Å². The van der Waals surface area contributed by atoms with E-state index in [0.717, 1.165) is 6.07 Å². The van der Waals surface area contributed by atoms with Gasteiger partial charge in [0.15, 0.2) is 11.5 Å². The van der Waals surface area contributed by atoms with Crippen molar-refractivity contribution in [2.24, 2.45) is 5.73 Å². The van der Waals surface area contributed by atoms with Crippen LogP contribution in [0.15, 0.2) is 12.1 Å². The van der Waals surface area contributed by atoms with Crippen molar-refractivity contribution in [2.45, 2.75) is 19.0 Å². The molecule has 102 valence electrons. The van der Waals surface area contributed by atoms with Crippen molar-refractivity contribution in [2.75, 3.05) is 20.8 Å². The lowest BCUT2D eigenvalue weighted by molar-refractivity contribution is -0.138. The smallest absolute Gasteiger partial charge is 0.416 e. The molecule has 0 unspecified atom stereocenters. The van der Waals surface area contributed by atoms with Crippen LogP contribution in [0.1, 0.15) is 17.5 Å². The summed E-state index contributed by atoms with van der Waals surface area (Å²) in [4.78, 5) is 0. The van der Waals surface area contributed by atoms with Gasteiger partial charge in [-0.05, 0) is 31.5 Å². The Labute approximate surface area is 104 Å². The lowest BCUT2D eigenvalue weighted by atomic mass is 10.0. The highest BCUT2D eigenvalue weighted by atomic mass is 19.4. The average molecular weight is 263 g/mol. The van der Waals surface area contributed by atoms with E-state index < -0.39 is 11.7 Å². The van der Waals surface area contributed by atoms with Gasteiger partial charge in [-0.1, -0.05) is 0 Å². The molecule has 0 atom stereocenters. The molecule has 0 bridgehead atoms. The molecular formula is C12H16F3NO2. The van der Waals surface area contributed by atoms with E-state index in [2.05, 4.69) is 0 Å². The van der Waals surface area contributed by atoms with Crippen molar-refractivity contribution in [3.05, 3.63) is 23.3 Å². The molecule has 2 N–H and O–H groups in total. The largest absolute Gasteiger partial charge is 0.493 e. The molecule has 0 amide bonds. The molecular weight excluding hydrogens is 247 g/mol. The third-order valence-electron chi connectivity index (χ3n) is 2.58. The molecule has 0 aliphatic rings. The molecule has 0 aliphatic carbocycles. The van der Waals surface area contributed by atoms with Crippen molar-refractivity contribution in [1.29, 1.82) is 0 Å². The average Bonchev–Trinajstić information content (AvgIpc) is 2.33. The van der Waals surface area contributed by atoms with Crippen LogP contribution in [0.2, 0.25) is 0 Å². The second-order valence-electron chi connectivity index (χ2n) is 3.72. The van der Waals surface area contributed by atoms with Gasteiger partial charge >= 0.3 is 6.18 Å². The van der Waals surface area contributed by atoms with Crippen LogP contribution in [0, 0.1) is 0 Å². The minimum absolute atomic E-state index is 0.0924. The van der Waals surface area contributed by atoms with E-state index in [9.17, 15) is 13.2 Å². The van der Waals surface area contributed by atoms with Crippen molar-refractivity contribution in [3.63, 3.8) is 0 Å². The molecule has 1 aromatic rings. The zero-order valence-electron chi connectivity index (χ0n) is 10.3. The number of hydrogen-bond donors (Lipinski definition) is 1. The van der Waals surface area contributed by atoms with Crippen molar-refractivity contribution < 1.29 is 22.6 Å². The Bertz CT molecular complexity index is 405. The SMILES string of the molecule is COc1ccc(C(F)(F)F)c(CCCN)c1OC. The van der Waals surface area contributed by atoms with E-state index in [4.69, 9.17) is 15.2 Å². The lowest BCUT2D eigenvalue weighted by Crippen LogP contribution is -2.12. The third kappa shape index (κ3) is 3.07. The van der Waals surface area contributed by atoms with Crippen LogP contribution < -0.4 is 15.2 Å². The Kier molecular flexibility index (Phi) is 4.84. The number of nitrogens with two attached hydrogens (primary N) is 1. The molecule has 0 fully saturated rings. The number of rotatable bonds is 5. The fraction of sp³-hybridized carbons (Fsp3) is 0.500. The fourth-order valence-corrected chi connectivity index (χ4v) is 1.78. The van der Waals surface area contributed by atoms with Crippen molar-refractivity contribution >= 4 is 0 Å². The van der Waals surface area contributed by atoms with Crippen LogP contribution in [-0.2, 0) is 12.6 Å². The molecule has 18 heavy (non-hydrogen) atoms. The van der Waals surface area contributed by atoms with Crippen molar-refractivity contribution in [1.82, 2.24) is 0 Å². The van der Waals surface area contributed by atoms with Gasteiger partial charge in [-0.3, -0.25) is 0 Å². The minimum Gasteiger partial charge on any atom is -0.493 e. The van der Waals surface area contributed by atoms with E-state index in [-0.39, 0.29) is 23.5 Å². The lowest BCUT2D eigenvalue weighted by Gasteiger charge is -2.18. The zero-order chi connectivity index (χ0) is 13.8. The molecule has 0 heterocycles. The summed E-state index contributed by atoms with van der Waals surface area (Å²) in [5.41, 5.74) is 4.74. The van der Waals surface area contributed by atoms with E-state index in [1.165, 1.54) is 20.3 Å². The first-order chi connectivity index (χ1) is 8.45. The van der Waals surface area contributed by atoms with Gasteiger partial charge in [0.25, 0.3) is 0 Å². The van der Waals surface area contributed by atoms with E-state index in [1.54, 1.807) is 0 Å². The Hall–Kier alpha value is -1.43. The Balaban J connectivity index is 3.34. The molecule has 3 nitrogen and oxygen atoms in total. The summed E-state index contributed by atoms with van der Waals surface area (Å²) in [6.07, 6.45) is -3.76. The van der Waals surface area contributed by atoms with Gasteiger partial charge in [-0.15, -0.1) is 0 Å². The predicted octanol–water partition coefficient (Wildman–Crippen LogP) is 2.61. The highest BCUT2D eigenvalue weighted by Gasteiger charge is 2.35. The van der Waals surface area contributed by atoms with Gasteiger partial charge in [0.1, 0.15) is 0 Å². The second-order valence-corrected chi connectivity index (χ2v) is 3.72. The topological polar surface area (TPSA) is 44.5 Å². The molecule has 1 aromatic carbocycles. The van der Waals surface area contributed by atoms with Gasteiger partial charge in [0, 0.05) is 5.56 Å². The number of methoxy groups -OCH3 is 2. The molecule has 0 saturated heterocycles. The first-order valence-corrected chi connectivity index (χ1v) is 5.46. The van der Waals surface area contributed by atoms with Gasteiger partial charge < -0.3 is 15.2 Å². The fourth-order valence-electron chi connectivity index (χ4n) is 1.78. The maximum Gasteiger partial charge on any atom is 0.416 e. The zero-order valence-corrected chi connectivity index (χ0v) is 10.3. The van der Waals surface area contributed by atoms with Gasteiger partial charge in [0.05, 0.1) is 19.8 Å². The summed E-state index contributed by atoms with van der Waals surface area (Å²) in [6.45, 7) is 0.317. The number of halogens is 3. The van der Waals surface area contributed by atoms with Crippen LogP contribution in [0.5, 0.6) is 11.5 Å². The van der Waals surface area contributed by atoms with Gasteiger partial charge in [-0.2, -0.15) is 13.2 Å². The summed E-state index contributed by atoms with van der Waals surface area (Å²) in [5.74, 6) is 0.415. The summed E-state index contributed by atoms with van der Waals surface area (Å²) in [6, 6.07) is 2.26. The summed E-state index contributed by atoms with van der Waals surface area (Å²) in [7, 11) is 2.71. The standard InChI is InChI=1S/C12H16F3NO2/c1-17-10-6-5-9(12(13,14)15)8(4-3-7-16)11(10)18-2/h5-6H,3-4,7,16H2,1-2H3. The Morgan fingerprint density at radius 1 is 1.17 bits per heavy atom. The van der Waals surface area contributed by atoms with Crippen LogP contribution in [0.3, 0.4) is 0 Å². The van der Waals surface area contributed by atoms with E-state index in [0.29, 0.717) is 13.0 Å².